The van der Waals surface area contributed by atoms with Gasteiger partial charge in [0.25, 0.3) is 0 Å². The van der Waals surface area contributed by atoms with E-state index >= 15 is 0 Å². The van der Waals surface area contributed by atoms with Gasteiger partial charge in [-0.15, -0.1) is 0 Å². The molecule has 0 spiro atoms. The maximum Gasteiger partial charge on any atom is 0.332 e. The van der Waals surface area contributed by atoms with Gasteiger partial charge in [0, 0.05) is 6.61 Å². The maximum atomic E-state index is 10.00. The van der Waals surface area contributed by atoms with Crippen LogP contribution in [-0.2, 0) is 9.53 Å². The van der Waals surface area contributed by atoms with Crippen molar-refractivity contribution in [3.8, 4) is 0 Å². The number of aliphatic hydroxyl groups excluding tert-OH is 2. The molecule has 0 saturated carbocycles. The average molecular weight is 180 g/mol. The van der Waals surface area contributed by atoms with Crippen molar-refractivity contribution in [1.29, 1.82) is 0 Å². The molecule has 0 aromatic rings. The largest absolute Gasteiger partial charge is 0.479 e. The summed E-state index contributed by atoms with van der Waals surface area (Å²) >= 11 is 0. The average Bonchev–Trinajstić information content (AvgIpc) is 2.01. The molecule has 5 nitrogen and oxygen atoms in total. The number of carboxylic acid groups (broad SMARTS) is 1. The minimum atomic E-state index is -1.01. The molecule has 0 radical (unpaired) electrons. The quantitative estimate of drug-likeness (QED) is 0.541. The van der Waals surface area contributed by atoms with Crippen molar-refractivity contribution in [3.05, 3.63) is 0 Å². The van der Waals surface area contributed by atoms with E-state index in [2.05, 4.69) is 4.74 Å². The first-order chi connectivity index (χ1) is 5.59. The first-order valence-corrected chi connectivity index (χ1v) is 3.66. The standard InChI is InChI=1S/C5H10O4.C2H6O/c1-4(5(7)8)9-3-2-6;1-2-3/h4,6H,2-3H2,1H3,(H,7,8);3H,2H2,1H3. The smallest absolute Gasteiger partial charge is 0.332 e. The predicted molar refractivity (Wildman–Crippen MR) is 42.9 cm³/mol. The van der Waals surface area contributed by atoms with Crippen LogP contribution in [0.5, 0.6) is 0 Å². The Bertz CT molecular complexity index is 104. The molecule has 1 atom stereocenters. The second kappa shape index (κ2) is 10.3. The Labute approximate surface area is 71.6 Å². The summed E-state index contributed by atoms with van der Waals surface area (Å²) < 4.78 is 4.60. The molecule has 3 N–H and O–H groups in total. The summed E-state index contributed by atoms with van der Waals surface area (Å²) in [4.78, 5) is 10.00. The molecule has 0 heterocycles. The number of carboxylic acids is 1. The fourth-order valence-corrected chi connectivity index (χ4v) is 0.301. The number of rotatable bonds is 4. The van der Waals surface area contributed by atoms with E-state index in [4.69, 9.17) is 15.3 Å². The van der Waals surface area contributed by atoms with Gasteiger partial charge in [0.2, 0.25) is 0 Å². The van der Waals surface area contributed by atoms with E-state index in [-0.39, 0.29) is 19.8 Å². The van der Waals surface area contributed by atoms with Crippen LogP contribution in [0.2, 0.25) is 0 Å². The number of hydrogen-bond donors (Lipinski definition) is 3. The van der Waals surface area contributed by atoms with Crippen LogP contribution in [0.15, 0.2) is 0 Å². The summed E-state index contributed by atoms with van der Waals surface area (Å²) in [5.41, 5.74) is 0. The van der Waals surface area contributed by atoms with Gasteiger partial charge in [-0.05, 0) is 13.8 Å². The second-order valence-electron chi connectivity index (χ2n) is 1.89. The lowest BCUT2D eigenvalue weighted by molar-refractivity contribution is -0.149. The SMILES string of the molecule is CC(OCCO)C(=O)O.CCO. The summed E-state index contributed by atoms with van der Waals surface area (Å²) in [5.74, 6) is -1.01. The molecule has 0 rings (SSSR count). The van der Waals surface area contributed by atoms with Crippen molar-refractivity contribution < 1.29 is 24.9 Å². The molecule has 0 amide bonds. The lowest BCUT2D eigenvalue weighted by atomic mass is 10.4. The van der Waals surface area contributed by atoms with Gasteiger partial charge in [-0.3, -0.25) is 0 Å². The Hall–Kier alpha value is -0.650. The van der Waals surface area contributed by atoms with E-state index in [0.29, 0.717) is 0 Å². The van der Waals surface area contributed by atoms with Gasteiger partial charge in [-0.2, -0.15) is 0 Å². The number of aliphatic carboxylic acids is 1. The second-order valence-corrected chi connectivity index (χ2v) is 1.89. The molecular formula is C7H16O5. The van der Waals surface area contributed by atoms with Crippen LogP contribution in [0.1, 0.15) is 13.8 Å². The van der Waals surface area contributed by atoms with Crippen LogP contribution in [-0.4, -0.2) is 47.2 Å². The summed E-state index contributed by atoms with van der Waals surface area (Å²) in [6.07, 6.45) is -0.822. The first-order valence-electron chi connectivity index (χ1n) is 3.66. The first kappa shape index (κ1) is 13.9. The fourth-order valence-electron chi connectivity index (χ4n) is 0.301. The molecule has 74 valence electrons. The molecule has 0 aliphatic carbocycles. The van der Waals surface area contributed by atoms with E-state index in [1.165, 1.54) is 6.92 Å². The maximum absolute atomic E-state index is 10.00. The summed E-state index contributed by atoms with van der Waals surface area (Å²) in [6.45, 7) is 3.28. The fraction of sp³-hybridized carbons (Fsp3) is 0.857. The van der Waals surface area contributed by atoms with Gasteiger partial charge >= 0.3 is 5.97 Å². The zero-order valence-corrected chi connectivity index (χ0v) is 7.36. The summed E-state index contributed by atoms with van der Waals surface area (Å²) in [7, 11) is 0. The van der Waals surface area contributed by atoms with E-state index in [9.17, 15) is 4.79 Å². The van der Waals surface area contributed by atoms with Gasteiger partial charge in [0.05, 0.1) is 13.2 Å². The normalized spacial score (nSPS) is 11.3. The summed E-state index contributed by atoms with van der Waals surface area (Å²) in [5, 5.41) is 24.0. The molecule has 0 aliphatic rings. The van der Waals surface area contributed by atoms with Gasteiger partial charge in [-0.1, -0.05) is 0 Å². The zero-order valence-electron chi connectivity index (χ0n) is 7.36. The van der Waals surface area contributed by atoms with Crippen LogP contribution >= 0.6 is 0 Å². The monoisotopic (exact) mass is 180 g/mol. The van der Waals surface area contributed by atoms with E-state index < -0.39 is 12.1 Å². The summed E-state index contributed by atoms with van der Waals surface area (Å²) in [6, 6.07) is 0. The Morgan fingerprint density at radius 3 is 2.17 bits per heavy atom. The zero-order chi connectivity index (χ0) is 9.98. The number of carbonyl (C=O) groups is 1. The van der Waals surface area contributed by atoms with Crippen LogP contribution in [0, 0.1) is 0 Å². The highest BCUT2D eigenvalue weighted by atomic mass is 16.5. The predicted octanol–water partition coefficient (Wildman–Crippen LogP) is -0.533. The highest BCUT2D eigenvalue weighted by Gasteiger charge is 2.08. The van der Waals surface area contributed by atoms with Gasteiger partial charge in [0.1, 0.15) is 0 Å². The van der Waals surface area contributed by atoms with Crippen LogP contribution < -0.4 is 0 Å². The molecule has 12 heavy (non-hydrogen) atoms. The van der Waals surface area contributed by atoms with Gasteiger partial charge in [0.15, 0.2) is 6.10 Å². The lowest BCUT2D eigenvalue weighted by Crippen LogP contribution is -2.21. The Morgan fingerprint density at radius 1 is 1.50 bits per heavy atom. The third-order valence-corrected chi connectivity index (χ3v) is 0.807. The van der Waals surface area contributed by atoms with Crippen molar-refractivity contribution in [2.75, 3.05) is 19.8 Å². The molecule has 0 aromatic heterocycles. The third kappa shape index (κ3) is 12.1. The van der Waals surface area contributed by atoms with E-state index in [1.54, 1.807) is 6.92 Å². The van der Waals surface area contributed by atoms with Crippen molar-refractivity contribution >= 4 is 5.97 Å². The highest BCUT2D eigenvalue weighted by molar-refractivity contribution is 5.71. The van der Waals surface area contributed by atoms with Crippen molar-refractivity contribution in [2.45, 2.75) is 20.0 Å². The third-order valence-electron chi connectivity index (χ3n) is 0.807. The minimum Gasteiger partial charge on any atom is -0.479 e. The Morgan fingerprint density at radius 2 is 1.92 bits per heavy atom. The van der Waals surface area contributed by atoms with Crippen molar-refractivity contribution in [3.63, 3.8) is 0 Å². The molecule has 0 aromatic carbocycles. The number of ether oxygens (including phenoxy) is 1. The van der Waals surface area contributed by atoms with Crippen molar-refractivity contribution in [2.24, 2.45) is 0 Å². The molecule has 0 saturated heterocycles. The molecule has 0 bridgehead atoms. The van der Waals surface area contributed by atoms with Crippen LogP contribution in [0.25, 0.3) is 0 Å². The van der Waals surface area contributed by atoms with E-state index in [0.717, 1.165) is 0 Å². The molecule has 0 fully saturated rings. The molecule has 0 aliphatic heterocycles. The van der Waals surface area contributed by atoms with Gasteiger partial charge < -0.3 is 20.1 Å². The lowest BCUT2D eigenvalue weighted by Gasteiger charge is -2.04. The Kier molecular flexibility index (Phi) is 12.0. The molecule has 1 unspecified atom stereocenters. The molecule has 5 heteroatoms. The van der Waals surface area contributed by atoms with E-state index in [1.807, 2.05) is 0 Å². The Balaban J connectivity index is 0. The minimum absolute atomic E-state index is 0.0769. The number of aliphatic hydroxyl groups is 2. The van der Waals surface area contributed by atoms with Crippen LogP contribution in [0.4, 0.5) is 0 Å². The molecular weight excluding hydrogens is 164 g/mol. The van der Waals surface area contributed by atoms with Crippen LogP contribution in [0.3, 0.4) is 0 Å². The number of hydrogen-bond acceptors (Lipinski definition) is 4. The van der Waals surface area contributed by atoms with Gasteiger partial charge in [-0.25, -0.2) is 4.79 Å². The highest BCUT2D eigenvalue weighted by Crippen LogP contribution is 1.87. The van der Waals surface area contributed by atoms with Crippen molar-refractivity contribution in [1.82, 2.24) is 0 Å². The topological polar surface area (TPSA) is 87.0 Å².